The number of rotatable bonds is 5. The Hall–Kier alpha value is -1.90. The second-order valence-corrected chi connectivity index (χ2v) is 10.5. The van der Waals surface area contributed by atoms with Crippen molar-refractivity contribution in [2.45, 2.75) is 42.9 Å². The molecule has 0 unspecified atom stereocenters. The van der Waals surface area contributed by atoms with Crippen molar-refractivity contribution in [1.29, 1.82) is 0 Å². The molecule has 0 atom stereocenters. The van der Waals surface area contributed by atoms with E-state index in [4.69, 9.17) is 0 Å². The summed E-state index contributed by atoms with van der Waals surface area (Å²) in [6, 6.07) is 11.1. The molecular formula is C19H24N2O4S2. The molecule has 8 heteroatoms. The number of aryl methyl sites for hydroxylation is 2. The molecule has 0 radical (unpaired) electrons. The van der Waals surface area contributed by atoms with E-state index in [2.05, 4.69) is 4.72 Å². The van der Waals surface area contributed by atoms with Crippen LogP contribution in [0.1, 0.15) is 30.4 Å². The summed E-state index contributed by atoms with van der Waals surface area (Å²) < 4.78 is 55.1. The van der Waals surface area contributed by atoms with Crippen LogP contribution >= 0.6 is 0 Å². The van der Waals surface area contributed by atoms with E-state index in [0.29, 0.717) is 18.7 Å². The molecular weight excluding hydrogens is 384 g/mol. The van der Waals surface area contributed by atoms with E-state index in [1.54, 1.807) is 25.1 Å². The Bertz CT molecular complexity index is 1020. The minimum absolute atomic E-state index is 0.108. The van der Waals surface area contributed by atoms with Crippen molar-refractivity contribution in [2.75, 3.05) is 17.8 Å². The van der Waals surface area contributed by atoms with Gasteiger partial charge in [0.2, 0.25) is 10.0 Å². The zero-order valence-electron chi connectivity index (χ0n) is 15.5. The van der Waals surface area contributed by atoms with Crippen molar-refractivity contribution in [3.63, 3.8) is 0 Å². The fourth-order valence-corrected chi connectivity index (χ4v) is 5.71. The van der Waals surface area contributed by atoms with Gasteiger partial charge < -0.3 is 0 Å². The summed E-state index contributed by atoms with van der Waals surface area (Å²) in [5.41, 5.74) is 1.89. The number of sulfonamides is 2. The molecule has 146 valence electrons. The fourth-order valence-electron chi connectivity index (χ4n) is 3.05. The van der Waals surface area contributed by atoms with Gasteiger partial charge in [0.05, 0.1) is 15.5 Å². The molecule has 2 aromatic carbocycles. The average molecular weight is 409 g/mol. The van der Waals surface area contributed by atoms with Gasteiger partial charge in [-0.2, -0.15) is 4.31 Å². The first-order valence-electron chi connectivity index (χ1n) is 8.90. The molecule has 0 spiro atoms. The van der Waals surface area contributed by atoms with Crippen molar-refractivity contribution < 1.29 is 16.8 Å². The van der Waals surface area contributed by atoms with Gasteiger partial charge in [-0.1, -0.05) is 30.2 Å². The maximum Gasteiger partial charge on any atom is 0.261 e. The van der Waals surface area contributed by atoms with Gasteiger partial charge in [-0.05, 0) is 56.5 Å². The summed E-state index contributed by atoms with van der Waals surface area (Å²) in [5.74, 6) is 0. The maximum absolute atomic E-state index is 12.9. The standard InChI is InChI=1S/C19H24N2O4S2/c1-15-6-9-17(10-7-15)26(22,23)20-19-14-18(11-8-16(19)2)27(24,25)21-12-4-3-5-13-21/h6-11,14,20H,3-5,12-13H2,1-2H3. The second-order valence-electron chi connectivity index (χ2n) is 6.86. The summed E-state index contributed by atoms with van der Waals surface area (Å²) in [7, 11) is -7.43. The monoisotopic (exact) mass is 408 g/mol. The lowest BCUT2D eigenvalue weighted by Crippen LogP contribution is -2.35. The summed E-state index contributed by atoms with van der Waals surface area (Å²) >= 11 is 0. The number of nitrogens with one attached hydrogen (secondary N) is 1. The first-order chi connectivity index (χ1) is 12.7. The molecule has 0 amide bonds. The molecule has 1 N–H and O–H groups in total. The van der Waals surface area contributed by atoms with Crippen LogP contribution in [0.5, 0.6) is 0 Å². The molecule has 1 fully saturated rings. The number of piperidine rings is 1. The van der Waals surface area contributed by atoms with Crippen LogP contribution in [0.2, 0.25) is 0 Å². The van der Waals surface area contributed by atoms with Crippen LogP contribution in [0.25, 0.3) is 0 Å². The molecule has 0 aliphatic carbocycles. The molecule has 1 heterocycles. The van der Waals surface area contributed by atoms with Crippen LogP contribution in [-0.2, 0) is 20.0 Å². The highest BCUT2D eigenvalue weighted by molar-refractivity contribution is 7.92. The van der Waals surface area contributed by atoms with E-state index in [-0.39, 0.29) is 15.5 Å². The summed E-state index contributed by atoms with van der Waals surface area (Å²) in [6.45, 7) is 4.62. The van der Waals surface area contributed by atoms with Gasteiger partial charge in [0.1, 0.15) is 0 Å². The van der Waals surface area contributed by atoms with Crippen molar-refractivity contribution in [2.24, 2.45) is 0 Å². The Morgan fingerprint density at radius 2 is 1.41 bits per heavy atom. The smallest absolute Gasteiger partial charge is 0.261 e. The normalized spacial score (nSPS) is 16.2. The van der Waals surface area contributed by atoms with E-state index in [9.17, 15) is 16.8 Å². The zero-order valence-corrected chi connectivity index (χ0v) is 17.1. The molecule has 0 saturated carbocycles. The van der Waals surface area contributed by atoms with Gasteiger partial charge >= 0.3 is 0 Å². The molecule has 6 nitrogen and oxygen atoms in total. The molecule has 0 bridgehead atoms. The lowest BCUT2D eigenvalue weighted by atomic mass is 10.2. The van der Waals surface area contributed by atoms with E-state index in [0.717, 1.165) is 24.8 Å². The summed E-state index contributed by atoms with van der Waals surface area (Å²) in [5, 5.41) is 0. The van der Waals surface area contributed by atoms with Crippen LogP contribution in [0.3, 0.4) is 0 Å². The van der Waals surface area contributed by atoms with Gasteiger partial charge in [-0.25, -0.2) is 16.8 Å². The molecule has 2 aromatic rings. The van der Waals surface area contributed by atoms with Gasteiger partial charge in [0.25, 0.3) is 10.0 Å². The van der Waals surface area contributed by atoms with Crippen LogP contribution in [0.15, 0.2) is 52.3 Å². The first-order valence-corrected chi connectivity index (χ1v) is 11.8. The molecule has 27 heavy (non-hydrogen) atoms. The molecule has 1 aliphatic rings. The first kappa shape index (κ1) is 19.9. The zero-order chi connectivity index (χ0) is 19.7. The van der Waals surface area contributed by atoms with Crippen LogP contribution in [-0.4, -0.2) is 34.2 Å². The Morgan fingerprint density at radius 1 is 0.815 bits per heavy atom. The van der Waals surface area contributed by atoms with E-state index < -0.39 is 20.0 Å². The van der Waals surface area contributed by atoms with Crippen molar-refractivity contribution in [1.82, 2.24) is 4.31 Å². The van der Waals surface area contributed by atoms with Crippen LogP contribution < -0.4 is 4.72 Å². The average Bonchev–Trinajstić information content (AvgIpc) is 2.64. The predicted molar refractivity (Wildman–Crippen MR) is 106 cm³/mol. The van der Waals surface area contributed by atoms with Gasteiger partial charge in [-0.15, -0.1) is 0 Å². The number of nitrogens with zero attached hydrogens (tertiary/aromatic N) is 1. The predicted octanol–water partition coefficient (Wildman–Crippen LogP) is 3.28. The lowest BCUT2D eigenvalue weighted by Gasteiger charge is -2.26. The summed E-state index contributed by atoms with van der Waals surface area (Å²) in [4.78, 5) is 0.244. The Labute approximate surface area is 161 Å². The molecule has 1 aliphatic heterocycles. The Morgan fingerprint density at radius 3 is 2.04 bits per heavy atom. The van der Waals surface area contributed by atoms with Gasteiger partial charge in [0.15, 0.2) is 0 Å². The second kappa shape index (κ2) is 7.61. The van der Waals surface area contributed by atoms with E-state index >= 15 is 0 Å². The largest absolute Gasteiger partial charge is 0.279 e. The SMILES string of the molecule is Cc1ccc(S(=O)(=O)Nc2cc(S(=O)(=O)N3CCCCC3)ccc2C)cc1. The van der Waals surface area contributed by atoms with E-state index in [1.165, 1.54) is 28.6 Å². The fraction of sp³-hybridized carbons (Fsp3) is 0.368. The topological polar surface area (TPSA) is 83.5 Å². The molecule has 3 rings (SSSR count). The molecule has 0 aromatic heterocycles. The van der Waals surface area contributed by atoms with Crippen LogP contribution in [0.4, 0.5) is 5.69 Å². The molecule has 1 saturated heterocycles. The Kier molecular flexibility index (Phi) is 5.60. The highest BCUT2D eigenvalue weighted by atomic mass is 32.2. The highest BCUT2D eigenvalue weighted by Crippen LogP contribution is 2.27. The summed E-state index contributed by atoms with van der Waals surface area (Å²) in [6.07, 6.45) is 2.72. The minimum atomic E-state index is -3.80. The third-order valence-corrected chi connectivity index (χ3v) is 8.01. The van der Waals surface area contributed by atoms with E-state index in [1.807, 2.05) is 6.92 Å². The number of benzene rings is 2. The van der Waals surface area contributed by atoms with Crippen LogP contribution in [0, 0.1) is 13.8 Å². The lowest BCUT2D eigenvalue weighted by molar-refractivity contribution is 0.346. The van der Waals surface area contributed by atoms with Gasteiger partial charge in [0, 0.05) is 13.1 Å². The Balaban J connectivity index is 1.92. The third kappa shape index (κ3) is 4.34. The number of hydrogen-bond acceptors (Lipinski definition) is 4. The number of hydrogen-bond donors (Lipinski definition) is 1. The quantitative estimate of drug-likeness (QED) is 0.823. The maximum atomic E-state index is 12.9. The third-order valence-electron chi connectivity index (χ3n) is 4.74. The number of anilines is 1. The van der Waals surface area contributed by atoms with Crippen molar-refractivity contribution in [3.8, 4) is 0 Å². The minimum Gasteiger partial charge on any atom is -0.279 e. The highest BCUT2D eigenvalue weighted by Gasteiger charge is 2.27. The van der Waals surface area contributed by atoms with Crippen molar-refractivity contribution in [3.05, 3.63) is 53.6 Å². The van der Waals surface area contributed by atoms with Gasteiger partial charge in [-0.3, -0.25) is 4.72 Å². The van der Waals surface area contributed by atoms with Crippen molar-refractivity contribution >= 4 is 25.7 Å².